The summed E-state index contributed by atoms with van der Waals surface area (Å²) in [6, 6.07) is 10.7. The van der Waals surface area contributed by atoms with E-state index in [-0.39, 0.29) is 17.6 Å². The number of carbonyl (C=O) groups excluding carboxylic acids is 2. The molecule has 8 heteroatoms. The number of cyclic esters (lactones) is 1. The van der Waals surface area contributed by atoms with Gasteiger partial charge in [-0.05, 0) is 87.5 Å². The van der Waals surface area contributed by atoms with Crippen molar-refractivity contribution in [2.75, 3.05) is 0 Å². The Morgan fingerprint density at radius 1 is 1.25 bits per heavy atom. The second kappa shape index (κ2) is 9.36. The molecule has 0 aromatic heterocycles. The second-order valence-electron chi connectivity index (χ2n) is 5.85. The van der Waals surface area contributed by atoms with Gasteiger partial charge >= 0.3 is 11.9 Å². The summed E-state index contributed by atoms with van der Waals surface area (Å²) in [6.45, 7) is 1.92. The van der Waals surface area contributed by atoms with Crippen LogP contribution in [0.15, 0.2) is 47.1 Å². The first-order valence-corrected chi connectivity index (χ1v) is 10.9. The fraction of sp³-hybridized carbons (Fsp3) is 0.150. The molecular formula is C20H14ClI2NO4. The molecule has 28 heavy (non-hydrogen) atoms. The summed E-state index contributed by atoms with van der Waals surface area (Å²) in [5.74, 6) is -0.108. The van der Waals surface area contributed by atoms with Gasteiger partial charge in [0, 0.05) is 6.42 Å². The van der Waals surface area contributed by atoms with E-state index in [1.807, 2.05) is 19.1 Å². The Bertz CT molecular complexity index is 994. The molecule has 0 radical (unpaired) electrons. The number of carbonyl (C=O) groups is 2. The molecule has 2 aromatic carbocycles. The number of hydrogen-bond donors (Lipinski definition) is 0. The van der Waals surface area contributed by atoms with Crippen LogP contribution in [0, 0.1) is 7.14 Å². The third kappa shape index (κ3) is 4.93. The van der Waals surface area contributed by atoms with Crippen LogP contribution in [0.1, 0.15) is 30.9 Å². The Balaban J connectivity index is 1.90. The van der Waals surface area contributed by atoms with Crippen molar-refractivity contribution in [1.29, 1.82) is 0 Å². The SMILES string of the molecule is CCCC(=O)Oc1c(I)cc(/C=C2\N=C(c3ccccc3Cl)OC2=O)cc1I. The maximum absolute atomic E-state index is 12.2. The maximum atomic E-state index is 12.2. The summed E-state index contributed by atoms with van der Waals surface area (Å²) in [5, 5.41) is 0.456. The van der Waals surface area contributed by atoms with Gasteiger partial charge in [0.2, 0.25) is 5.90 Å². The van der Waals surface area contributed by atoms with Crippen LogP contribution in [0.25, 0.3) is 6.08 Å². The highest BCUT2D eigenvalue weighted by molar-refractivity contribution is 14.1. The summed E-state index contributed by atoms with van der Waals surface area (Å²) < 4.78 is 12.2. The molecule has 3 rings (SSSR count). The molecule has 0 amide bonds. The van der Waals surface area contributed by atoms with E-state index < -0.39 is 5.97 Å². The minimum atomic E-state index is -0.543. The van der Waals surface area contributed by atoms with Crippen LogP contribution in [0.5, 0.6) is 5.75 Å². The molecule has 0 unspecified atom stereocenters. The van der Waals surface area contributed by atoms with Gasteiger partial charge < -0.3 is 9.47 Å². The Labute approximate surface area is 194 Å². The fourth-order valence-corrected chi connectivity index (χ4v) is 4.70. The Morgan fingerprint density at radius 3 is 2.57 bits per heavy atom. The van der Waals surface area contributed by atoms with Gasteiger partial charge in [0.05, 0.1) is 17.7 Å². The predicted molar refractivity (Wildman–Crippen MR) is 124 cm³/mol. The summed E-state index contributed by atoms with van der Waals surface area (Å²) >= 11 is 10.4. The van der Waals surface area contributed by atoms with Gasteiger partial charge in [-0.2, -0.15) is 0 Å². The number of hydrogen-bond acceptors (Lipinski definition) is 5. The average molecular weight is 622 g/mol. The molecule has 2 aromatic rings. The van der Waals surface area contributed by atoms with Gasteiger partial charge in [-0.25, -0.2) is 9.79 Å². The lowest BCUT2D eigenvalue weighted by molar-refractivity contribution is -0.134. The molecule has 0 atom stereocenters. The quantitative estimate of drug-likeness (QED) is 0.189. The number of benzene rings is 2. The first-order chi connectivity index (χ1) is 13.4. The van der Waals surface area contributed by atoms with Crippen molar-refractivity contribution in [3.8, 4) is 5.75 Å². The number of esters is 2. The van der Waals surface area contributed by atoms with Gasteiger partial charge in [-0.15, -0.1) is 0 Å². The molecule has 0 aliphatic carbocycles. The highest BCUT2D eigenvalue weighted by atomic mass is 127. The van der Waals surface area contributed by atoms with Crippen molar-refractivity contribution in [1.82, 2.24) is 0 Å². The number of nitrogens with zero attached hydrogens (tertiary/aromatic N) is 1. The topological polar surface area (TPSA) is 65.0 Å². The van der Waals surface area contributed by atoms with Crippen LogP contribution >= 0.6 is 56.8 Å². The predicted octanol–water partition coefficient (Wildman–Crippen LogP) is 5.60. The summed E-state index contributed by atoms with van der Waals surface area (Å²) in [7, 11) is 0. The van der Waals surface area contributed by atoms with E-state index in [4.69, 9.17) is 21.1 Å². The van der Waals surface area contributed by atoms with Crippen molar-refractivity contribution in [3.63, 3.8) is 0 Å². The van der Waals surface area contributed by atoms with Gasteiger partial charge in [-0.1, -0.05) is 30.7 Å². The zero-order valence-electron chi connectivity index (χ0n) is 14.7. The van der Waals surface area contributed by atoms with Gasteiger partial charge in [0.25, 0.3) is 0 Å². The van der Waals surface area contributed by atoms with E-state index in [0.717, 1.165) is 19.1 Å². The van der Waals surface area contributed by atoms with E-state index in [2.05, 4.69) is 50.2 Å². The monoisotopic (exact) mass is 621 g/mol. The number of aliphatic imine (C=N–C) groups is 1. The van der Waals surface area contributed by atoms with Crippen molar-refractivity contribution < 1.29 is 19.1 Å². The molecule has 1 aliphatic rings. The average Bonchev–Trinajstić information content (AvgIpc) is 2.99. The smallest absolute Gasteiger partial charge is 0.363 e. The standard InChI is InChI=1S/C20H14ClI2NO4/c1-2-5-17(25)27-18-14(22)8-11(9-15(18)23)10-16-20(26)28-19(24-16)12-6-3-4-7-13(12)21/h3-4,6-10H,2,5H2,1H3/b16-10-. The normalized spacial score (nSPS) is 14.8. The minimum Gasteiger partial charge on any atom is -0.424 e. The summed E-state index contributed by atoms with van der Waals surface area (Å²) in [5.41, 5.74) is 1.49. The third-order valence-corrected chi connectivity index (χ3v) is 5.65. The number of halogens is 3. The molecular weight excluding hydrogens is 607 g/mol. The first-order valence-electron chi connectivity index (χ1n) is 8.36. The van der Waals surface area contributed by atoms with Gasteiger partial charge in [-0.3, -0.25) is 4.79 Å². The van der Waals surface area contributed by atoms with Gasteiger partial charge in [0.15, 0.2) is 11.4 Å². The molecule has 0 bridgehead atoms. The molecule has 0 fully saturated rings. The lowest BCUT2D eigenvalue weighted by atomic mass is 10.2. The highest BCUT2D eigenvalue weighted by Gasteiger charge is 2.25. The lowest BCUT2D eigenvalue weighted by Gasteiger charge is -2.09. The second-order valence-corrected chi connectivity index (χ2v) is 8.59. The zero-order valence-corrected chi connectivity index (χ0v) is 19.7. The zero-order chi connectivity index (χ0) is 20.3. The molecule has 0 saturated heterocycles. The Morgan fingerprint density at radius 2 is 1.93 bits per heavy atom. The molecule has 1 heterocycles. The highest BCUT2D eigenvalue weighted by Crippen LogP contribution is 2.31. The number of ether oxygens (including phenoxy) is 2. The fourth-order valence-electron chi connectivity index (χ4n) is 2.45. The van der Waals surface area contributed by atoms with Crippen molar-refractivity contribution in [3.05, 3.63) is 65.4 Å². The van der Waals surface area contributed by atoms with Crippen LogP contribution in [0.4, 0.5) is 0 Å². The minimum absolute atomic E-state index is 0.177. The van der Waals surface area contributed by atoms with Crippen LogP contribution in [0.3, 0.4) is 0 Å². The van der Waals surface area contributed by atoms with Crippen molar-refractivity contribution in [2.24, 2.45) is 4.99 Å². The van der Waals surface area contributed by atoms with Crippen LogP contribution < -0.4 is 4.74 Å². The van der Waals surface area contributed by atoms with Crippen LogP contribution in [-0.2, 0) is 14.3 Å². The maximum Gasteiger partial charge on any atom is 0.363 e. The Kier molecular flexibility index (Phi) is 7.10. The van der Waals surface area contributed by atoms with Crippen molar-refractivity contribution in [2.45, 2.75) is 19.8 Å². The lowest BCUT2D eigenvalue weighted by Crippen LogP contribution is -2.09. The Hall–Kier alpha value is -1.46. The summed E-state index contributed by atoms with van der Waals surface area (Å²) in [6.07, 6.45) is 2.72. The summed E-state index contributed by atoms with van der Waals surface area (Å²) in [4.78, 5) is 28.3. The van der Waals surface area contributed by atoms with E-state index in [1.165, 1.54) is 0 Å². The first kappa shape index (κ1) is 21.3. The van der Waals surface area contributed by atoms with Crippen LogP contribution in [0.2, 0.25) is 5.02 Å². The van der Waals surface area contributed by atoms with E-state index in [1.54, 1.807) is 30.3 Å². The molecule has 1 aliphatic heterocycles. The number of rotatable bonds is 5. The van der Waals surface area contributed by atoms with Crippen molar-refractivity contribution >= 4 is 80.7 Å². The van der Waals surface area contributed by atoms with E-state index in [0.29, 0.717) is 22.8 Å². The molecule has 0 spiro atoms. The molecule has 144 valence electrons. The van der Waals surface area contributed by atoms with Gasteiger partial charge in [0.1, 0.15) is 0 Å². The molecule has 5 nitrogen and oxygen atoms in total. The largest absolute Gasteiger partial charge is 0.424 e. The third-order valence-electron chi connectivity index (χ3n) is 3.72. The van der Waals surface area contributed by atoms with E-state index >= 15 is 0 Å². The molecule has 0 N–H and O–H groups in total. The van der Waals surface area contributed by atoms with E-state index in [9.17, 15) is 9.59 Å². The van der Waals surface area contributed by atoms with Crippen LogP contribution in [-0.4, -0.2) is 17.8 Å². The molecule has 0 saturated carbocycles.